The van der Waals surface area contributed by atoms with Crippen LogP contribution in [-0.4, -0.2) is 24.4 Å². The van der Waals surface area contributed by atoms with Crippen LogP contribution in [0.3, 0.4) is 0 Å². The third-order valence-electron chi connectivity index (χ3n) is 5.00. The lowest BCUT2D eigenvalue weighted by Crippen LogP contribution is -2.18. The van der Waals surface area contributed by atoms with E-state index >= 15 is 0 Å². The second-order valence-corrected chi connectivity index (χ2v) is 7.84. The molecule has 2 amide bonds. The Kier molecular flexibility index (Phi) is 6.94. The maximum atomic E-state index is 13.0. The number of esters is 1. The minimum absolute atomic E-state index is 0.0277. The first-order chi connectivity index (χ1) is 16.4. The summed E-state index contributed by atoms with van der Waals surface area (Å²) in [4.78, 5) is 37.6. The molecule has 4 aromatic rings. The number of furan rings is 1. The van der Waals surface area contributed by atoms with E-state index in [1.807, 2.05) is 0 Å². The predicted molar refractivity (Wildman–Crippen MR) is 130 cm³/mol. The van der Waals surface area contributed by atoms with E-state index in [-0.39, 0.29) is 30.4 Å². The van der Waals surface area contributed by atoms with Crippen molar-refractivity contribution in [1.29, 1.82) is 0 Å². The van der Waals surface area contributed by atoms with E-state index in [1.165, 1.54) is 0 Å². The Hall–Kier alpha value is -4.10. The highest BCUT2D eigenvalue weighted by molar-refractivity contribution is 6.30. The topological polar surface area (TPSA) is 97.6 Å². The molecule has 0 aliphatic rings. The molecular weight excluding hydrogens is 456 g/mol. The van der Waals surface area contributed by atoms with Gasteiger partial charge in [-0.05, 0) is 61.0 Å². The third-order valence-corrected chi connectivity index (χ3v) is 5.25. The summed E-state index contributed by atoms with van der Waals surface area (Å²) in [5.74, 6) is -1.31. The third kappa shape index (κ3) is 5.27. The first-order valence-electron chi connectivity index (χ1n) is 10.6. The van der Waals surface area contributed by atoms with Gasteiger partial charge in [0.25, 0.3) is 5.91 Å². The summed E-state index contributed by atoms with van der Waals surface area (Å²) < 4.78 is 10.7. The highest BCUT2D eigenvalue weighted by atomic mass is 35.5. The Labute approximate surface area is 200 Å². The number of nitrogens with one attached hydrogen (secondary N) is 2. The van der Waals surface area contributed by atoms with Gasteiger partial charge in [0.2, 0.25) is 11.7 Å². The molecule has 2 N–H and O–H groups in total. The van der Waals surface area contributed by atoms with Crippen LogP contribution >= 0.6 is 11.6 Å². The Morgan fingerprint density at radius 1 is 0.912 bits per heavy atom. The van der Waals surface area contributed by atoms with Crippen molar-refractivity contribution < 1.29 is 23.5 Å². The average molecular weight is 477 g/mol. The molecule has 0 bridgehead atoms. The Balaban J connectivity index is 1.55. The Bertz CT molecular complexity index is 1340. The molecule has 0 saturated carbocycles. The fourth-order valence-electron chi connectivity index (χ4n) is 3.39. The fraction of sp³-hybridized carbons (Fsp3) is 0.115. The molecule has 1 heterocycles. The van der Waals surface area contributed by atoms with Crippen LogP contribution in [-0.2, 0) is 16.0 Å². The number of hydrogen-bond donors (Lipinski definition) is 2. The molecule has 0 saturated heterocycles. The summed E-state index contributed by atoms with van der Waals surface area (Å²) in [6.45, 7) is 2.00. The zero-order chi connectivity index (χ0) is 24.1. The zero-order valence-electron chi connectivity index (χ0n) is 18.3. The molecule has 7 nitrogen and oxygen atoms in total. The van der Waals surface area contributed by atoms with Crippen molar-refractivity contribution in [3.05, 3.63) is 94.7 Å². The van der Waals surface area contributed by atoms with E-state index in [4.69, 9.17) is 20.8 Å². The number of hydrogen-bond acceptors (Lipinski definition) is 5. The molecule has 0 aliphatic carbocycles. The van der Waals surface area contributed by atoms with Gasteiger partial charge in [0, 0.05) is 16.1 Å². The monoisotopic (exact) mass is 476 g/mol. The van der Waals surface area contributed by atoms with Gasteiger partial charge in [-0.3, -0.25) is 9.59 Å². The summed E-state index contributed by atoms with van der Waals surface area (Å²) in [7, 11) is 0. The second kappa shape index (κ2) is 10.2. The molecule has 8 heteroatoms. The summed E-state index contributed by atoms with van der Waals surface area (Å²) in [5.41, 5.74) is 2.36. The Morgan fingerprint density at radius 3 is 2.32 bits per heavy atom. The lowest BCUT2D eigenvalue weighted by molar-refractivity contribution is -0.115. The van der Waals surface area contributed by atoms with Crippen LogP contribution in [0.5, 0.6) is 0 Å². The molecule has 0 unspecified atom stereocenters. The number of ether oxygens (including phenoxy) is 1. The van der Waals surface area contributed by atoms with Crippen LogP contribution < -0.4 is 10.6 Å². The Morgan fingerprint density at radius 2 is 1.62 bits per heavy atom. The van der Waals surface area contributed by atoms with Crippen molar-refractivity contribution >= 4 is 51.7 Å². The quantitative estimate of drug-likeness (QED) is 0.333. The molecule has 4 rings (SSSR count). The molecule has 172 valence electrons. The number of halogens is 1. The molecule has 0 atom stereocenters. The second-order valence-electron chi connectivity index (χ2n) is 7.41. The largest absolute Gasteiger partial charge is 0.462 e. The first kappa shape index (κ1) is 23.1. The van der Waals surface area contributed by atoms with E-state index < -0.39 is 11.9 Å². The van der Waals surface area contributed by atoms with Crippen LogP contribution in [0.4, 0.5) is 11.4 Å². The highest BCUT2D eigenvalue weighted by Gasteiger charge is 2.22. The number of benzene rings is 3. The van der Waals surface area contributed by atoms with Crippen LogP contribution in [0, 0.1) is 0 Å². The number of rotatable bonds is 7. The summed E-state index contributed by atoms with van der Waals surface area (Å²) in [6.07, 6.45) is 0.104. The normalized spacial score (nSPS) is 10.6. The molecule has 0 aliphatic heterocycles. The number of anilines is 2. The summed E-state index contributed by atoms with van der Waals surface area (Å²) in [5, 5.41) is 6.74. The molecule has 3 aromatic carbocycles. The van der Waals surface area contributed by atoms with Gasteiger partial charge in [0.05, 0.1) is 18.6 Å². The number of carbonyl (C=O) groups excluding carboxylic acids is 3. The van der Waals surface area contributed by atoms with Crippen molar-refractivity contribution in [3.63, 3.8) is 0 Å². The first-order valence-corrected chi connectivity index (χ1v) is 11.0. The molecule has 0 radical (unpaired) electrons. The fourth-order valence-corrected chi connectivity index (χ4v) is 3.52. The van der Waals surface area contributed by atoms with Gasteiger partial charge >= 0.3 is 5.97 Å². The van der Waals surface area contributed by atoms with Crippen molar-refractivity contribution in [2.75, 3.05) is 17.2 Å². The predicted octanol–water partition coefficient (Wildman–Crippen LogP) is 5.70. The van der Waals surface area contributed by atoms with Gasteiger partial charge in [-0.25, -0.2) is 4.79 Å². The van der Waals surface area contributed by atoms with Gasteiger partial charge in [-0.2, -0.15) is 0 Å². The van der Waals surface area contributed by atoms with Crippen molar-refractivity contribution in [1.82, 2.24) is 0 Å². The smallest absolute Gasteiger partial charge is 0.338 e. The van der Waals surface area contributed by atoms with Gasteiger partial charge in [0.15, 0.2) is 0 Å². The zero-order valence-corrected chi connectivity index (χ0v) is 19.0. The lowest BCUT2D eigenvalue weighted by Gasteiger charge is -2.08. The summed E-state index contributed by atoms with van der Waals surface area (Å²) in [6, 6.07) is 20.3. The highest BCUT2D eigenvalue weighted by Crippen LogP contribution is 2.31. The minimum atomic E-state index is -0.540. The maximum Gasteiger partial charge on any atom is 0.338 e. The molecule has 34 heavy (non-hydrogen) atoms. The van der Waals surface area contributed by atoms with E-state index in [0.717, 1.165) is 5.56 Å². The van der Waals surface area contributed by atoms with E-state index in [2.05, 4.69) is 10.6 Å². The average Bonchev–Trinajstić information content (AvgIpc) is 3.19. The van der Waals surface area contributed by atoms with Crippen molar-refractivity contribution in [2.24, 2.45) is 0 Å². The van der Waals surface area contributed by atoms with Gasteiger partial charge in [-0.15, -0.1) is 0 Å². The van der Waals surface area contributed by atoms with E-state index in [1.54, 1.807) is 79.7 Å². The van der Waals surface area contributed by atoms with Crippen molar-refractivity contribution in [2.45, 2.75) is 13.3 Å². The molecule has 0 spiro atoms. The van der Waals surface area contributed by atoms with Gasteiger partial charge < -0.3 is 19.8 Å². The van der Waals surface area contributed by atoms with Gasteiger partial charge in [-0.1, -0.05) is 35.9 Å². The van der Waals surface area contributed by atoms with Crippen molar-refractivity contribution in [3.8, 4) is 0 Å². The summed E-state index contributed by atoms with van der Waals surface area (Å²) >= 11 is 5.91. The SMILES string of the molecule is CCOC(=O)c1ccc(NC(=O)c2oc3ccccc3c2NC(=O)Cc2ccc(Cl)cc2)cc1. The number of fused-ring (bicyclic) bond motifs is 1. The van der Waals surface area contributed by atoms with E-state index in [9.17, 15) is 14.4 Å². The number of para-hydroxylation sites is 1. The molecule has 1 aromatic heterocycles. The van der Waals surface area contributed by atoms with Crippen LogP contribution in [0.15, 0.2) is 77.2 Å². The minimum Gasteiger partial charge on any atom is -0.462 e. The number of amides is 2. The standard InChI is InChI=1S/C26H21ClN2O5/c1-2-33-26(32)17-9-13-19(14-10-17)28-25(31)24-23(20-5-3-4-6-21(20)34-24)29-22(30)15-16-7-11-18(27)12-8-16/h3-14H,2,15H2,1H3,(H,28,31)(H,29,30). The van der Waals surface area contributed by atoms with Crippen LogP contribution in [0.25, 0.3) is 11.0 Å². The van der Waals surface area contributed by atoms with Crippen LogP contribution in [0.2, 0.25) is 5.02 Å². The van der Waals surface area contributed by atoms with E-state index in [0.29, 0.717) is 27.2 Å². The van der Waals surface area contributed by atoms with Crippen LogP contribution in [0.1, 0.15) is 33.4 Å². The lowest BCUT2D eigenvalue weighted by atomic mass is 10.1. The molecule has 0 fully saturated rings. The van der Waals surface area contributed by atoms with Gasteiger partial charge in [0.1, 0.15) is 11.3 Å². The number of carbonyl (C=O) groups is 3. The maximum absolute atomic E-state index is 13.0. The molecular formula is C26H21ClN2O5.